The number of hydrogen-bond acceptors (Lipinski definition) is 6. The SMILES string of the molecule is CCOC(=O)c1nn(CCC(C)N(C)C)c2c1CCC(=CN(C)C)C2=O. The molecule has 0 saturated heterocycles. The highest BCUT2D eigenvalue weighted by Crippen LogP contribution is 2.29. The summed E-state index contributed by atoms with van der Waals surface area (Å²) in [5.41, 5.74) is 2.30. The van der Waals surface area contributed by atoms with Gasteiger partial charge in [-0.25, -0.2) is 4.79 Å². The Morgan fingerprint density at radius 2 is 2.00 bits per heavy atom. The maximum atomic E-state index is 13.0. The first-order chi connectivity index (χ1) is 12.3. The van der Waals surface area contributed by atoms with Gasteiger partial charge in [0, 0.05) is 44.0 Å². The van der Waals surface area contributed by atoms with Gasteiger partial charge in [-0.05, 0) is 47.2 Å². The van der Waals surface area contributed by atoms with Gasteiger partial charge in [-0.1, -0.05) is 0 Å². The van der Waals surface area contributed by atoms with Crippen molar-refractivity contribution in [3.05, 3.63) is 28.7 Å². The first-order valence-corrected chi connectivity index (χ1v) is 9.11. The van der Waals surface area contributed by atoms with Crippen molar-refractivity contribution in [1.82, 2.24) is 19.6 Å². The van der Waals surface area contributed by atoms with Crippen molar-refractivity contribution in [2.45, 2.75) is 45.7 Å². The second-order valence-electron chi connectivity index (χ2n) is 7.17. The van der Waals surface area contributed by atoms with Gasteiger partial charge in [-0.2, -0.15) is 5.10 Å². The first kappa shape index (κ1) is 20.2. The summed E-state index contributed by atoms with van der Waals surface area (Å²) >= 11 is 0. The number of hydrogen-bond donors (Lipinski definition) is 0. The molecule has 0 spiro atoms. The van der Waals surface area contributed by atoms with Crippen LogP contribution in [0.1, 0.15) is 53.2 Å². The van der Waals surface area contributed by atoms with Gasteiger partial charge in [0.25, 0.3) is 0 Å². The summed E-state index contributed by atoms with van der Waals surface area (Å²) in [6, 6.07) is 0.344. The van der Waals surface area contributed by atoms with Crippen molar-refractivity contribution in [3.8, 4) is 0 Å². The average Bonchev–Trinajstić information content (AvgIpc) is 2.94. The van der Waals surface area contributed by atoms with Crippen LogP contribution in [0.25, 0.3) is 0 Å². The lowest BCUT2D eigenvalue weighted by Crippen LogP contribution is -2.27. The monoisotopic (exact) mass is 362 g/mol. The molecule has 1 aromatic heterocycles. The third kappa shape index (κ3) is 4.33. The van der Waals surface area contributed by atoms with Crippen LogP contribution in [0, 0.1) is 0 Å². The van der Waals surface area contributed by atoms with E-state index in [1.165, 1.54) is 0 Å². The van der Waals surface area contributed by atoms with Crippen molar-refractivity contribution in [2.75, 3.05) is 34.8 Å². The predicted octanol–water partition coefficient (Wildman–Crippen LogP) is 1.97. The number of nitrogens with zero attached hydrogens (tertiary/aromatic N) is 4. The molecule has 0 amide bonds. The number of aryl methyl sites for hydroxylation is 1. The van der Waals surface area contributed by atoms with Crippen LogP contribution in [0.4, 0.5) is 0 Å². The largest absolute Gasteiger partial charge is 0.461 e. The highest BCUT2D eigenvalue weighted by Gasteiger charge is 2.33. The van der Waals surface area contributed by atoms with Crippen molar-refractivity contribution in [2.24, 2.45) is 0 Å². The molecule has 1 heterocycles. The summed E-state index contributed by atoms with van der Waals surface area (Å²) in [7, 11) is 7.85. The molecular weight excluding hydrogens is 332 g/mol. The lowest BCUT2D eigenvalue weighted by Gasteiger charge is -2.21. The quantitative estimate of drug-likeness (QED) is 0.546. The highest BCUT2D eigenvalue weighted by atomic mass is 16.5. The number of carbonyl (C=O) groups excluding carboxylic acids is 2. The number of allylic oxidation sites excluding steroid dienone is 1. The fourth-order valence-corrected chi connectivity index (χ4v) is 3.04. The molecule has 1 aliphatic carbocycles. The molecule has 1 aromatic rings. The number of ether oxygens (including phenoxy) is 1. The van der Waals surface area contributed by atoms with Gasteiger partial charge in [-0.15, -0.1) is 0 Å². The van der Waals surface area contributed by atoms with E-state index in [1.54, 1.807) is 11.6 Å². The van der Waals surface area contributed by atoms with Gasteiger partial charge in [0.2, 0.25) is 5.78 Å². The Morgan fingerprint density at radius 1 is 1.31 bits per heavy atom. The van der Waals surface area contributed by atoms with E-state index < -0.39 is 5.97 Å². The van der Waals surface area contributed by atoms with Crippen molar-refractivity contribution >= 4 is 11.8 Å². The summed E-state index contributed by atoms with van der Waals surface area (Å²) in [6.45, 7) is 4.77. The number of rotatable bonds is 7. The number of ketones is 1. The molecule has 26 heavy (non-hydrogen) atoms. The minimum atomic E-state index is -0.448. The van der Waals surface area contributed by atoms with E-state index in [-0.39, 0.29) is 18.1 Å². The van der Waals surface area contributed by atoms with Crippen LogP contribution in [0.3, 0.4) is 0 Å². The van der Waals surface area contributed by atoms with Crippen LogP contribution >= 0.6 is 0 Å². The minimum Gasteiger partial charge on any atom is -0.461 e. The zero-order valence-electron chi connectivity index (χ0n) is 16.7. The van der Waals surface area contributed by atoms with Crippen LogP contribution < -0.4 is 0 Å². The Kier molecular flexibility index (Phi) is 6.58. The average molecular weight is 362 g/mol. The Hall–Kier alpha value is -2.15. The Bertz CT molecular complexity index is 704. The van der Waals surface area contributed by atoms with Gasteiger partial charge in [-0.3, -0.25) is 9.48 Å². The van der Waals surface area contributed by atoms with Crippen molar-refractivity contribution in [3.63, 3.8) is 0 Å². The molecule has 144 valence electrons. The molecule has 0 N–H and O–H groups in total. The van der Waals surface area contributed by atoms with Gasteiger partial charge in [0.1, 0.15) is 5.69 Å². The lowest BCUT2D eigenvalue weighted by molar-refractivity contribution is 0.0517. The number of aromatic nitrogens is 2. The summed E-state index contributed by atoms with van der Waals surface area (Å²) < 4.78 is 6.84. The maximum Gasteiger partial charge on any atom is 0.359 e. The summed E-state index contributed by atoms with van der Waals surface area (Å²) in [4.78, 5) is 29.3. The molecule has 0 aliphatic heterocycles. The second-order valence-corrected chi connectivity index (χ2v) is 7.17. The van der Waals surface area contributed by atoms with Crippen LogP contribution in [-0.2, 0) is 17.7 Å². The standard InChI is InChI=1S/C19H30N4O3/c1-7-26-19(25)16-15-9-8-14(12-21(3)4)18(24)17(15)23(20-16)11-10-13(2)22(5)6/h12-13H,7-11H2,1-6H3. The molecule has 0 radical (unpaired) electrons. The van der Waals surface area contributed by atoms with E-state index >= 15 is 0 Å². The van der Waals surface area contributed by atoms with Crippen LogP contribution in [0.15, 0.2) is 11.8 Å². The Morgan fingerprint density at radius 3 is 2.58 bits per heavy atom. The van der Waals surface area contributed by atoms with Gasteiger partial charge < -0.3 is 14.5 Å². The molecular formula is C19H30N4O3. The molecule has 7 heteroatoms. The molecule has 7 nitrogen and oxygen atoms in total. The second kappa shape index (κ2) is 8.49. The van der Waals surface area contributed by atoms with E-state index in [0.717, 1.165) is 17.6 Å². The predicted molar refractivity (Wildman–Crippen MR) is 100 cm³/mol. The normalized spacial score (nSPS) is 16.7. The molecule has 1 atom stereocenters. The summed E-state index contributed by atoms with van der Waals surface area (Å²) in [5, 5.41) is 4.47. The fraction of sp³-hybridized carbons (Fsp3) is 0.632. The Labute approximate surface area is 155 Å². The van der Waals surface area contributed by atoms with E-state index in [2.05, 4.69) is 16.9 Å². The van der Waals surface area contributed by atoms with Crippen LogP contribution in [-0.4, -0.2) is 72.2 Å². The molecule has 0 saturated carbocycles. The van der Waals surface area contributed by atoms with Gasteiger partial charge in [0.05, 0.1) is 6.61 Å². The van der Waals surface area contributed by atoms with Crippen molar-refractivity contribution in [1.29, 1.82) is 0 Å². The molecule has 0 bridgehead atoms. The van der Waals surface area contributed by atoms with Gasteiger partial charge in [0.15, 0.2) is 5.69 Å². The topological polar surface area (TPSA) is 67.7 Å². The zero-order chi connectivity index (χ0) is 19.4. The third-order valence-corrected chi connectivity index (χ3v) is 4.72. The number of fused-ring (bicyclic) bond motifs is 1. The summed E-state index contributed by atoms with van der Waals surface area (Å²) in [6.07, 6.45) is 3.92. The smallest absolute Gasteiger partial charge is 0.359 e. The molecule has 0 aromatic carbocycles. The van der Waals surface area contributed by atoms with E-state index in [0.29, 0.717) is 31.1 Å². The summed E-state index contributed by atoms with van der Waals surface area (Å²) in [5.74, 6) is -0.489. The van der Waals surface area contributed by atoms with E-state index in [4.69, 9.17) is 4.74 Å². The number of Topliss-reactive ketones (excluding diaryl/α,β-unsaturated/α-hetero) is 1. The molecule has 0 fully saturated rings. The van der Waals surface area contributed by atoms with E-state index in [9.17, 15) is 9.59 Å². The maximum absolute atomic E-state index is 13.0. The Balaban J connectivity index is 2.41. The molecule has 2 rings (SSSR count). The molecule has 1 unspecified atom stereocenters. The van der Waals surface area contributed by atoms with Crippen molar-refractivity contribution < 1.29 is 14.3 Å². The van der Waals surface area contributed by atoms with Gasteiger partial charge >= 0.3 is 5.97 Å². The van der Waals surface area contributed by atoms with Crippen LogP contribution in [0.5, 0.6) is 0 Å². The highest BCUT2D eigenvalue weighted by molar-refractivity contribution is 6.11. The lowest BCUT2D eigenvalue weighted by atomic mass is 9.90. The first-order valence-electron chi connectivity index (χ1n) is 9.11. The molecule has 1 aliphatic rings. The van der Waals surface area contributed by atoms with E-state index in [1.807, 2.05) is 39.3 Å². The zero-order valence-corrected chi connectivity index (χ0v) is 16.7. The van der Waals surface area contributed by atoms with Crippen LogP contribution in [0.2, 0.25) is 0 Å². The fourth-order valence-electron chi connectivity index (χ4n) is 3.04. The number of carbonyl (C=O) groups is 2. The third-order valence-electron chi connectivity index (χ3n) is 4.72. The number of esters is 1. The minimum absolute atomic E-state index is 0.0412.